The number of rotatable bonds is 4. The van der Waals surface area contributed by atoms with Gasteiger partial charge in [-0.1, -0.05) is 42.3 Å². The lowest BCUT2D eigenvalue weighted by Gasteiger charge is -2.18. The van der Waals surface area contributed by atoms with Gasteiger partial charge >= 0.3 is 6.03 Å². The summed E-state index contributed by atoms with van der Waals surface area (Å²) < 4.78 is 0. The van der Waals surface area contributed by atoms with Crippen molar-refractivity contribution >= 4 is 6.03 Å². The van der Waals surface area contributed by atoms with Gasteiger partial charge < -0.3 is 15.7 Å². The molecular formula is C19H26N2O2. The van der Waals surface area contributed by atoms with Crippen molar-refractivity contribution in [2.45, 2.75) is 57.1 Å². The largest absolute Gasteiger partial charge is 0.390 e. The molecule has 3 N–H and O–H groups in total. The molecule has 4 nitrogen and oxygen atoms in total. The van der Waals surface area contributed by atoms with Crippen LogP contribution in [0.2, 0.25) is 0 Å². The normalized spacial score (nSPS) is 23.6. The second-order valence-corrected chi connectivity index (χ2v) is 6.56. The van der Waals surface area contributed by atoms with Gasteiger partial charge in [0.1, 0.15) is 0 Å². The number of fused-ring (bicyclic) bond motifs is 1. The van der Waals surface area contributed by atoms with Crippen molar-refractivity contribution in [1.29, 1.82) is 0 Å². The van der Waals surface area contributed by atoms with Gasteiger partial charge in [-0.25, -0.2) is 4.79 Å². The van der Waals surface area contributed by atoms with Gasteiger partial charge in [0.15, 0.2) is 0 Å². The van der Waals surface area contributed by atoms with Gasteiger partial charge in [-0.3, -0.25) is 0 Å². The predicted octanol–water partition coefficient (Wildman–Crippen LogP) is 3.22. The molecule has 0 saturated heterocycles. The smallest absolute Gasteiger partial charge is 0.315 e. The molecule has 2 aliphatic rings. The maximum atomic E-state index is 12.1. The molecule has 0 spiro atoms. The molecule has 4 heteroatoms. The minimum atomic E-state index is -0.539. The fraction of sp³-hybridized carbons (Fsp3) is 0.526. The van der Waals surface area contributed by atoms with E-state index in [1.165, 1.54) is 31.3 Å². The summed E-state index contributed by atoms with van der Waals surface area (Å²) >= 11 is 0. The first-order valence-corrected chi connectivity index (χ1v) is 8.72. The van der Waals surface area contributed by atoms with Crippen LogP contribution in [0.4, 0.5) is 4.79 Å². The fourth-order valence-electron chi connectivity index (χ4n) is 3.59. The molecule has 0 aromatic heterocycles. The number of allylic oxidation sites excluding steroid dienone is 1. The highest BCUT2D eigenvalue weighted by Crippen LogP contribution is 2.31. The Morgan fingerprint density at radius 2 is 2.09 bits per heavy atom. The Morgan fingerprint density at radius 3 is 3.00 bits per heavy atom. The zero-order chi connectivity index (χ0) is 16.1. The third kappa shape index (κ3) is 4.14. The monoisotopic (exact) mass is 314 g/mol. The Balaban J connectivity index is 1.47. The highest BCUT2D eigenvalue weighted by molar-refractivity contribution is 5.74. The molecule has 0 aliphatic heterocycles. The number of carbonyl (C=O) groups is 1. The number of hydrogen-bond donors (Lipinski definition) is 3. The molecule has 3 rings (SSSR count). The lowest BCUT2D eigenvalue weighted by molar-refractivity contribution is 0.142. The topological polar surface area (TPSA) is 61.4 Å². The first kappa shape index (κ1) is 16.1. The number of amides is 2. The first-order valence-electron chi connectivity index (χ1n) is 8.72. The van der Waals surface area contributed by atoms with Gasteiger partial charge in [-0.2, -0.15) is 0 Å². The van der Waals surface area contributed by atoms with Gasteiger partial charge in [0.05, 0.1) is 12.1 Å². The molecule has 0 unspecified atom stereocenters. The Kier molecular flexibility index (Phi) is 5.34. The quantitative estimate of drug-likeness (QED) is 0.747. The number of hydrogen-bond acceptors (Lipinski definition) is 2. The summed E-state index contributed by atoms with van der Waals surface area (Å²) in [6, 6.07) is 7.41. The van der Waals surface area contributed by atoms with E-state index in [-0.39, 0.29) is 12.1 Å². The van der Waals surface area contributed by atoms with Crippen LogP contribution in [0.25, 0.3) is 0 Å². The average Bonchev–Trinajstić information content (AvgIpc) is 2.73. The third-order valence-electron chi connectivity index (χ3n) is 4.86. The number of aliphatic hydroxyl groups excluding tert-OH is 1. The molecule has 0 heterocycles. The van der Waals surface area contributed by atoms with E-state index in [4.69, 9.17) is 0 Å². The second kappa shape index (κ2) is 7.64. The molecule has 0 bridgehead atoms. The summed E-state index contributed by atoms with van der Waals surface area (Å²) in [5, 5.41) is 16.0. The summed E-state index contributed by atoms with van der Waals surface area (Å²) in [5.41, 5.74) is 3.62. The number of urea groups is 1. The van der Waals surface area contributed by atoms with E-state index in [1.54, 1.807) is 0 Å². The molecule has 0 fully saturated rings. The van der Waals surface area contributed by atoms with E-state index in [2.05, 4.69) is 16.7 Å². The highest BCUT2D eigenvalue weighted by Gasteiger charge is 2.31. The summed E-state index contributed by atoms with van der Waals surface area (Å²) in [4.78, 5) is 12.1. The SMILES string of the molecule is O=C(NCCC1=CCCCCC1)N[C@@H]1c2ccccc2C[C@@H]1O. The van der Waals surface area contributed by atoms with Crippen LogP contribution in [0.1, 0.15) is 55.7 Å². The van der Waals surface area contributed by atoms with Crippen LogP contribution in [0.5, 0.6) is 0 Å². The van der Waals surface area contributed by atoms with Crippen LogP contribution in [0.3, 0.4) is 0 Å². The summed E-state index contributed by atoms with van der Waals surface area (Å²) in [5.74, 6) is 0. The number of nitrogens with one attached hydrogen (secondary N) is 2. The molecule has 2 atom stereocenters. The lowest BCUT2D eigenvalue weighted by atomic mass is 10.1. The van der Waals surface area contributed by atoms with E-state index in [0.717, 1.165) is 24.0 Å². The van der Waals surface area contributed by atoms with Gasteiger partial charge in [-0.05, 0) is 43.2 Å². The van der Waals surface area contributed by atoms with E-state index in [9.17, 15) is 9.90 Å². The molecule has 2 amide bonds. The number of carbonyl (C=O) groups excluding carboxylic acids is 1. The Hall–Kier alpha value is -1.81. The summed E-state index contributed by atoms with van der Waals surface area (Å²) in [6.45, 7) is 0.655. The second-order valence-electron chi connectivity index (χ2n) is 6.56. The Morgan fingerprint density at radius 1 is 1.22 bits per heavy atom. The van der Waals surface area contributed by atoms with Gasteiger partial charge in [-0.15, -0.1) is 0 Å². The van der Waals surface area contributed by atoms with Crippen molar-refractivity contribution in [2.75, 3.05) is 6.54 Å². The van der Waals surface area contributed by atoms with Crippen molar-refractivity contribution in [3.8, 4) is 0 Å². The molecular weight excluding hydrogens is 288 g/mol. The van der Waals surface area contributed by atoms with E-state index < -0.39 is 6.10 Å². The lowest BCUT2D eigenvalue weighted by Crippen LogP contribution is -2.41. The van der Waals surface area contributed by atoms with Gasteiger partial charge in [0.25, 0.3) is 0 Å². The van der Waals surface area contributed by atoms with Crippen LogP contribution >= 0.6 is 0 Å². The maximum Gasteiger partial charge on any atom is 0.315 e. The zero-order valence-electron chi connectivity index (χ0n) is 13.6. The Labute approximate surface area is 138 Å². The minimum absolute atomic E-state index is 0.194. The number of benzene rings is 1. The molecule has 124 valence electrons. The van der Waals surface area contributed by atoms with Crippen molar-refractivity contribution < 1.29 is 9.90 Å². The first-order chi connectivity index (χ1) is 11.2. The van der Waals surface area contributed by atoms with E-state index >= 15 is 0 Å². The predicted molar refractivity (Wildman–Crippen MR) is 91.2 cm³/mol. The highest BCUT2D eigenvalue weighted by atomic mass is 16.3. The van der Waals surface area contributed by atoms with Gasteiger partial charge in [0.2, 0.25) is 0 Å². The number of aliphatic hydroxyl groups is 1. The van der Waals surface area contributed by atoms with Crippen molar-refractivity contribution in [1.82, 2.24) is 10.6 Å². The Bertz CT molecular complexity index is 582. The van der Waals surface area contributed by atoms with Crippen LogP contribution in [0.15, 0.2) is 35.9 Å². The van der Waals surface area contributed by atoms with Crippen molar-refractivity contribution in [3.63, 3.8) is 0 Å². The zero-order valence-corrected chi connectivity index (χ0v) is 13.6. The molecule has 0 saturated carbocycles. The van der Waals surface area contributed by atoms with Crippen molar-refractivity contribution in [2.24, 2.45) is 0 Å². The summed E-state index contributed by atoms with van der Waals surface area (Å²) in [6.07, 6.45) is 9.54. The van der Waals surface area contributed by atoms with Crippen LogP contribution in [0, 0.1) is 0 Å². The molecule has 1 aromatic rings. The average molecular weight is 314 g/mol. The molecule has 2 aliphatic carbocycles. The molecule has 1 aromatic carbocycles. The summed E-state index contributed by atoms with van der Waals surface area (Å²) in [7, 11) is 0. The van der Waals surface area contributed by atoms with Crippen LogP contribution < -0.4 is 10.6 Å². The molecule has 23 heavy (non-hydrogen) atoms. The van der Waals surface area contributed by atoms with E-state index in [1.807, 2.05) is 24.3 Å². The molecule has 0 radical (unpaired) electrons. The van der Waals surface area contributed by atoms with Crippen LogP contribution in [-0.4, -0.2) is 23.8 Å². The standard InChI is InChI=1S/C19H26N2O2/c22-17-13-15-9-5-6-10-16(15)18(17)21-19(23)20-12-11-14-7-3-1-2-4-8-14/h5-7,9-10,17-18,22H,1-4,8,11-13H2,(H2,20,21,23)/t17-,18+/m0/s1. The fourth-order valence-corrected chi connectivity index (χ4v) is 3.59. The van der Waals surface area contributed by atoms with Gasteiger partial charge in [0, 0.05) is 13.0 Å². The van der Waals surface area contributed by atoms with E-state index in [0.29, 0.717) is 13.0 Å². The van der Waals surface area contributed by atoms with Crippen molar-refractivity contribution in [3.05, 3.63) is 47.0 Å². The minimum Gasteiger partial charge on any atom is -0.390 e. The third-order valence-corrected chi connectivity index (χ3v) is 4.86. The maximum absolute atomic E-state index is 12.1. The van der Waals surface area contributed by atoms with Crippen LogP contribution in [-0.2, 0) is 6.42 Å².